The Kier molecular flexibility index (Phi) is 8.66. The first-order chi connectivity index (χ1) is 19.0. The van der Waals surface area contributed by atoms with E-state index < -0.39 is 0 Å². The summed E-state index contributed by atoms with van der Waals surface area (Å²) in [6.07, 6.45) is 20.9. The van der Waals surface area contributed by atoms with E-state index in [-0.39, 0.29) is 11.5 Å². The van der Waals surface area contributed by atoms with Gasteiger partial charge >= 0.3 is 0 Å². The van der Waals surface area contributed by atoms with Crippen LogP contribution in [0.5, 0.6) is 0 Å². The maximum atomic E-state index is 11.9. The summed E-state index contributed by atoms with van der Waals surface area (Å²) < 4.78 is 2.06. The van der Waals surface area contributed by atoms with E-state index in [1.54, 1.807) is 0 Å². The number of likely N-dealkylation sites (tertiary alicyclic amines) is 2. The van der Waals surface area contributed by atoms with Crippen LogP contribution in [0.3, 0.4) is 0 Å². The number of piperidine rings is 1. The number of aldehydes is 1. The van der Waals surface area contributed by atoms with E-state index >= 15 is 0 Å². The normalized spacial score (nSPS) is 24.2. The van der Waals surface area contributed by atoms with Crippen LogP contribution in [0.1, 0.15) is 69.4 Å². The third-order valence-electron chi connectivity index (χ3n) is 9.16. The molecule has 0 N–H and O–H groups in total. The van der Waals surface area contributed by atoms with Crippen molar-refractivity contribution in [2.75, 3.05) is 13.1 Å². The predicted octanol–water partition coefficient (Wildman–Crippen LogP) is 6.69. The number of allylic oxidation sites excluding steroid dienone is 5. The Bertz CT molecular complexity index is 1220. The van der Waals surface area contributed by atoms with Crippen LogP contribution in [0, 0.1) is 5.41 Å². The molecule has 39 heavy (non-hydrogen) atoms. The molecule has 0 spiro atoms. The number of fused-ring (bicyclic) bond motifs is 1. The Balaban J connectivity index is 1.19. The molecule has 1 aromatic heterocycles. The molecule has 1 aromatic carbocycles. The third-order valence-corrected chi connectivity index (χ3v) is 9.16. The van der Waals surface area contributed by atoms with Crippen molar-refractivity contribution in [1.82, 2.24) is 19.6 Å². The second kappa shape index (κ2) is 12.3. The molecule has 0 bridgehead atoms. The number of benzene rings is 1. The average molecular weight is 525 g/mol. The lowest BCUT2D eigenvalue weighted by molar-refractivity contribution is -0.111. The quantitative estimate of drug-likeness (QED) is 0.229. The van der Waals surface area contributed by atoms with Gasteiger partial charge < -0.3 is 9.69 Å². The molecule has 206 valence electrons. The summed E-state index contributed by atoms with van der Waals surface area (Å²) in [5, 5.41) is 4.64. The van der Waals surface area contributed by atoms with E-state index in [9.17, 15) is 4.79 Å². The Labute approximate surface area is 234 Å². The molecule has 5 heteroatoms. The standard InChI is InChI=1S/C34H44N4O/c1-4-5-13-33(26-39)38-25-31-20-28(17-18-34(31,3)27(38)2)15-16-32-14-9-10-19-36(32)22-30-21-35-37(24-30)23-29-11-7-6-8-12-29/h4,6-8,11-12,17,20-21,24,26,32-33H,1-2,5,9-10,13-16,18-19,22-23,25H2,3H3. The highest BCUT2D eigenvalue weighted by Crippen LogP contribution is 2.50. The summed E-state index contributed by atoms with van der Waals surface area (Å²) in [5.74, 6) is 0. The number of nitrogens with zero attached hydrogens (tertiary/aromatic N) is 4. The fraction of sp³-hybridized carbons (Fsp3) is 0.471. The molecule has 3 aliphatic rings. The summed E-state index contributed by atoms with van der Waals surface area (Å²) in [6.45, 7) is 14.3. The first-order valence-electron chi connectivity index (χ1n) is 14.7. The average Bonchev–Trinajstić information content (AvgIpc) is 3.50. The third kappa shape index (κ3) is 6.19. The van der Waals surface area contributed by atoms with Crippen LogP contribution >= 0.6 is 0 Å². The molecule has 2 aliphatic heterocycles. The first kappa shape index (κ1) is 27.4. The lowest BCUT2D eigenvalue weighted by Gasteiger charge is -2.36. The Morgan fingerprint density at radius 1 is 1.18 bits per heavy atom. The Hall–Kier alpha value is -3.18. The van der Waals surface area contributed by atoms with Crippen LogP contribution in [0.2, 0.25) is 0 Å². The molecule has 1 aliphatic carbocycles. The van der Waals surface area contributed by atoms with Gasteiger partial charge in [0.25, 0.3) is 0 Å². The van der Waals surface area contributed by atoms with Crippen LogP contribution in [0.25, 0.3) is 0 Å². The van der Waals surface area contributed by atoms with Crippen LogP contribution in [0.15, 0.2) is 91.0 Å². The fourth-order valence-corrected chi connectivity index (χ4v) is 6.61. The summed E-state index contributed by atoms with van der Waals surface area (Å²) in [4.78, 5) is 16.8. The zero-order valence-corrected chi connectivity index (χ0v) is 23.6. The topological polar surface area (TPSA) is 41.4 Å². The van der Waals surface area contributed by atoms with Gasteiger partial charge in [-0.15, -0.1) is 6.58 Å². The molecule has 3 unspecified atom stereocenters. The lowest BCUT2D eigenvalue weighted by Crippen LogP contribution is -2.38. The summed E-state index contributed by atoms with van der Waals surface area (Å²) >= 11 is 0. The smallest absolute Gasteiger partial charge is 0.142 e. The van der Waals surface area contributed by atoms with Gasteiger partial charge in [-0.05, 0) is 69.6 Å². The van der Waals surface area contributed by atoms with Gasteiger partial charge in [0, 0.05) is 42.0 Å². The highest BCUT2D eigenvalue weighted by Gasteiger charge is 2.44. The molecule has 2 fully saturated rings. The Morgan fingerprint density at radius 2 is 2.03 bits per heavy atom. The molecule has 5 nitrogen and oxygen atoms in total. The van der Waals surface area contributed by atoms with E-state index in [1.165, 1.54) is 54.5 Å². The highest BCUT2D eigenvalue weighted by molar-refractivity contribution is 5.60. The number of aromatic nitrogens is 2. The summed E-state index contributed by atoms with van der Waals surface area (Å²) in [5.41, 5.74) is 6.49. The van der Waals surface area contributed by atoms with Gasteiger partial charge in [0.05, 0.1) is 18.8 Å². The number of carbonyl (C=O) groups excluding carboxylic acids is 1. The monoisotopic (exact) mass is 524 g/mol. The van der Waals surface area contributed by atoms with Crippen LogP contribution in [0.4, 0.5) is 0 Å². The molecular weight excluding hydrogens is 480 g/mol. The number of hydrogen-bond acceptors (Lipinski definition) is 4. The van der Waals surface area contributed by atoms with E-state index in [1.807, 2.05) is 12.3 Å². The van der Waals surface area contributed by atoms with Gasteiger partial charge in [0.2, 0.25) is 0 Å². The minimum absolute atomic E-state index is 0.0598. The lowest BCUT2D eigenvalue weighted by atomic mass is 9.75. The van der Waals surface area contributed by atoms with E-state index in [2.05, 4.69) is 88.3 Å². The highest BCUT2D eigenvalue weighted by atomic mass is 16.1. The zero-order valence-electron chi connectivity index (χ0n) is 23.6. The summed E-state index contributed by atoms with van der Waals surface area (Å²) in [6, 6.07) is 11.0. The minimum atomic E-state index is -0.116. The summed E-state index contributed by atoms with van der Waals surface area (Å²) in [7, 11) is 0. The molecule has 5 rings (SSSR count). The van der Waals surface area contributed by atoms with Crippen molar-refractivity contribution in [3.05, 3.63) is 102 Å². The molecule has 2 aromatic rings. The molecule has 2 saturated heterocycles. The van der Waals surface area contributed by atoms with Crippen molar-refractivity contribution in [1.29, 1.82) is 0 Å². The number of rotatable bonds is 12. The largest absolute Gasteiger partial charge is 0.361 e. The van der Waals surface area contributed by atoms with Gasteiger partial charge in [0.15, 0.2) is 0 Å². The molecule has 3 heterocycles. The second-order valence-corrected chi connectivity index (χ2v) is 11.8. The van der Waals surface area contributed by atoms with Crippen LogP contribution in [-0.2, 0) is 17.9 Å². The molecular formula is C34H44N4O. The van der Waals surface area contributed by atoms with Crippen LogP contribution in [-0.4, -0.2) is 51.0 Å². The maximum Gasteiger partial charge on any atom is 0.142 e. The van der Waals surface area contributed by atoms with E-state index in [0.717, 1.165) is 57.3 Å². The Morgan fingerprint density at radius 3 is 2.82 bits per heavy atom. The van der Waals surface area contributed by atoms with Gasteiger partial charge in [-0.3, -0.25) is 9.58 Å². The first-order valence-corrected chi connectivity index (χ1v) is 14.7. The second-order valence-electron chi connectivity index (χ2n) is 11.8. The van der Waals surface area contributed by atoms with Crippen molar-refractivity contribution in [3.8, 4) is 0 Å². The van der Waals surface area contributed by atoms with Gasteiger partial charge in [-0.1, -0.05) is 67.1 Å². The SMILES string of the molecule is C=CCCC(C=O)N1CC2=CC(CCC3CCCCN3Cc3cnn(Cc4ccccc4)c3)=CCC2(C)C1=C. The minimum Gasteiger partial charge on any atom is -0.361 e. The van der Waals surface area contributed by atoms with Gasteiger partial charge in [0.1, 0.15) is 6.29 Å². The predicted molar refractivity (Wildman–Crippen MR) is 159 cm³/mol. The van der Waals surface area contributed by atoms with Gasteiger partial charge in [-0.25, -0.2) is 0 Å². The maximum absolute atomic E-state index is 11.9. The zero-order chi connectivity index (χ0) is 27.2. The molecule has 0 radical (unpaired) electrons. The fourth-order valence-electron chi connectivity index (χ4n) is 6.61. The van der Waals surface area contributed by atoms with Crippen molar-refractivity contribution >= 4 is 6.29 Å². The molecule has 0 saturated carbocycles. The number of carbonyl (C=O) groups is 1. The van der Waals surface area contributed by atoms with Gasteiger partial charge in [-0.2, -0.15) is 5.10 Å². The number of hydrogen-bond donors (Lipinski definition) is 0. The van der Waals surface area contributed by atoms with E-state index in [0.29, 0.717) is 6.04 Å². The molecule has 3 atom stereocenters. The van der Waals surface area contributed by atoms with E-state index in [4.69, 9.17) is 0 Å². The van der Waals surface area contributed by atoms with Crippen molar-refractivity contribution in [2.24, 2.45) is 5.41 Å². The van der Waals surface area contributed by atoms with Crippen molar-refractivity contribution in [2.45, 2.75) is 83.5 Å². The molecule has 0 amide bonds. The van der Waals surface area contributed by atoms with Crippen molar-refractivity contribution in [3.63, 3.8) is 0 Å². The van der Waals surface area contributed by atoms with Crippen molar-refractivity contribution < 1.29 is 4.79 Å². The van der Waals surface area contributed by atoms with Crippen LogP contribution < -0.4 is 0 Å².